The molecule has 1 heterocycles. The van der Waals surface area contributed by atoms with Gasteiger partial charge in [0.15, 0.2) is 11.5 Å². The summed E-state index contributed by atoms with van der Waals surface area (Å²) in [4.78, 5) is 0. The third-order valence-electron chi connectivity index (χ3n) is 5.38. The van der Waals surface area contributed by atoms with Crippen LogP contribution in [0.4, 0.5) is 0 Å². The number of para-hydroxylation sites is 2. The Kier molecular flexibility index (Phi) is 8.14. The van der Waals surface area contributed by atoms with Crippen molar-refractivity contribution in [2.75, 3.05) is 13.7 Å². The van der Waals surface area contributed by atoms with Gasteiger partial charge in [-0.05, 0) is 54.8 Å². The van der Waals surface area contributed by atoms with Gasteiger partial charge in [0.25, 0.3) is 0 Å². The van der Waals surface area contributed by atoms with Gasteiger partial charge in [0.2, 0.25) is 0 Å². The zero-order valence-electron chi connectivity index (χ0n) is 17.2. The zero-order valence-corrected chi connectivity index (χ0v) is 18.0. The summed E-state index contributed by atoms with van der Waals surface area (Å²) in [5.74, 6) is 2.27. The summed E-state index contributed by atoms with van der Waals surface area (Å²) in [5, 5.41) is 7.43. The number of methoxy groups -OCH3 is 1. The van der Waals surface area contributed by atoms with Gasteiger partial charge in [0.1, 0.15) is 5.75 Å². The van der Waals surface area contributed by atoms with E-state index in [1.165, 1.54) is 24.0 Å². The van der Waals surface area contributed by atoms with Crippen LogP contribution in [0.15, 0.2) is 78.9 Å². The van der Waals surface area contributed by atoms with Crippen molar-refractivity contribution in [1.82, 2.24) is 10.6 Å². The van der Waals surface area contributed by atoms with Crippen molar-refractivity contribution in [3.63, 3.8) is 0 Å². The third-order valence-corrected chi connectivity index (χ3v) is 5.38. The van der Waals surface area contributed by atoms with E-state index >= 15 is 0 Å². The average Bonchev–Trinajstić information content (AvgIpc) is 2.79. The maximum atomic E-state index is 6.06. The molecule has 1 fully saturated rings. The largest absolute Gasteiger partial charge is 0.493 e. The van der Waals surface area contributed by atoms with Crippen LogP contribution in [0.25, 0.3) is 0 Å². The van der Waals surface area contributed by atoms with Crippen LogP contribution in [0.3, 0.4) is 0 Å². The van der Waals surface area contributed by atoms with Crippen LogP contribution in [0.5, 0.6) is 17.2 Å². The third kappa shape index (κ3) is 5.54. The minimum atomic E-state index is 0. The highest BCUT2D eigenvalue weighted by Crippen LogP contribution is 2.31. The van der Waals surface area contributed by atoms with E-state index in [1.54, 1.807) is 7.11 Å². The summed E-state index contributed by atoms with van der Waals surface area (Å²) in [6, 6.07) is 27.4. The van der Waals surface area contributed by atoms with Gasteiger partial charge in [-0.15, -0.1) is 12.4 Å². The second-order valence-corrected chi connectivity index (χ2v) is 7.37. The van der Waals surface area contributed by atoms with Crippen molar-refractivity contribution in [3.05, 3.63) is 90.0 Å². The van der Waals surface area contributed by atoms with Gasteiger partial charge in [-0.2, -0.15) is 0 Å². The Morgan fingerprint density at radius 2 is 1.70 bits per heavy atom. The first kappa shape index (κ1) is 22.2. The normalized spacial score (nSPS) is 18.3. The predicted octanol–water partition coefficient (Wildman–Crippen LogP) is 5.49. The Balaban J connectivity index is 0.00000256. The monoisotopic (exact) mass is 424 g/mol. The molecular formula is C25H29ClN2O2. The maximum Gasteiger partial charge on any atom is 0.169 e. The fourth-order valence-corrected chi connectivity index (χ4v) is 3.92. The highest BCUT2D eigenvalue weighted by molar-refractivity contribution is 5.85. The van der Waals surface area contributed by atoms with Crippen molar-refractivity contribution in [2.45, 2.75) is 31.5 Å². The van der Waals surface area contributed by atoms with E-state index in [2.05, 4.69) is 53.1 Å². The number of halogens is 1. The molecule has 1 saturated heterocycles. The number of hydrogen-bond donors (Lipinski definition) is 2. The first-order valence-corrected chi connectivity index (χ1v) is 10.2. The Morgan fingerprint density at radius 3 is 2.50 bits per heavy atom. The zero-order chi connectivity index (χ0) is 19.9. The van der Waals surface area contributed by atoms with Crippen molar-refractivity contribution in [3.8, 4) is 17.2 Å². The first-order chi connectivity index (χ1) is 14.3. The minimum Gasteiger partial charge on any atom is -0.493 e. The molecule has 0 aliphatic carbocycles. The number of nitrogens with one attached hydrogen (secondary N) is 2. The van der Waals surface area contributed by atoms with Gasteiger partial charge in [0.05, 0.1) is 7.11 Å². The number of hydrogen-bond acceptors (Lipinski definition) is 4. The summed E-state index contributed by atoms with van der Waals surface area (Å²) in [7, 11) is 1.66. The number of rotatable bonds is 7. The molecule has 0 radical (unpaired) electrons. The van der Waals surface area contributed by atoms with E-state index in [-0.39, 0.29) is 12.4 Å². The highest BCUT2D eigenvalue weighted by Gasteiger charge is 2.25. The second kappa shape index (κ2) is 11.0. The number of piperidine rings is 1. The maximum absolute atomic E-state index is 6.06. The van der Waals surface area contributed by atoms with E-state index in [4.69, 9.17) is 9.47 Å². The molecule has 4 rings (SSSR count). The molecule has 4 nitrogen and oxygen atoms in total. The molecule has 0 bridgehead atoms. The predicted molar refractivity (Wildman–Crippen MR) is 124 cm³/mol. The van der Waals surface area contributed by atoms with Crippen LogP contribution in [-0.4, -0.2) is 19.7 Å². The molecule has 0 amide bonds. The average molecular weight is 425 g/mol. The summed E-state index contributed by atoms with van der Waals surface area (Å²) in [5.41, 5.74) is 2.55. The molecule has 3 aromatic rings. The number of benzene rings is 3. The molecule has 0 spiro atoms. The molecular weight excluding hydrogens is 396 g/mol. The van der Waals surface area contributed by atoms with E-state index < -0.39 is 0 Å². The molecule has 5 heteroatoms. The SMILES string of the molecule is COc1ccccc1Oc1cccc(CN[C@H]2CCCN[C@H]2c2ccccc2)c1.Cl. The Hall–Kier alpha value is -2.53. The topological polar surface area (TPSA) is 42.5 Å². The van der Waals surface area contributed by atoms with E-state index in [0.717, 1.165) is 30.3 Å². The van der Waals surface area contributed by atoms with Gasteiger partial charge in [-0.1, -0.05) is 54.6 Å². The van der Waals surface area contributed by atoms with Crippen molar-refractivity contribution < 1.29 is 9.47 Å². The van der Waals surface area contributed by atoms with Crippen LogP contribution >= 0.6 is 12.4 Å². The van der Waals surface area contributed by atoms with Crippen LogP contribution < -0.4 is 20.1 Å². The molecule has 2 N–H and O–H groups in total. The lowest BCUT2D eigenvalue weighted by Gasteiger charge is -2.34. The van der Waals surface area contributed by atoms with Gasteiger partial charge in [-0.25, -0.2) is 0 Å². The summed E-state index contributed by atoms with van der Waals surface area (Å²) < 4.78 is 11.4. The molecule has 0 aromatic heterocycles. The van der Waals surface area contributed by atoms with E-state index in [0.29, 0.717) is 12.1 Å². The Morgan fingerprint density at radius 1 is 0.933 bits per heavy atom. The molecule has 1 aliphatic rings. The Labute approximate surface area is 185 Å². The number of ether oxygens (including phenoxy) is 2. The van der Waals surface area contributed by atoms with Gasteiger partial charge >= 0.3 is 0 Å². The molecule has 30 heavy (non-hydrogen) atoms. The van der Waals surface area contributed by atoms with Crippen molar-refractivity contribution in [1.29, 1.82) is 0 Å². The fourth-order valence-electron chi connectivity index (χ4n) is 3.92. The van der Waals surface area contributed by atoms with E-state index in [1.807, 2.05) is 36.4 Å². The van der Waals surface area contributed by atoms with Gasteiger partial charge in [0, 0.05) is 18.6 Å². The van der Waals surface area contributed by atoms with Gasteiger partial charge < -0.3 is 20.1 Å². The molecule has 2 atom stereocenters. The summed E-state index contributed by atoms with van der Waals surface area (Å²) in [6.07, 6.45) is 2.36. The molecule has 1 aliphatic heterocycles. The van der Waals surface area contributed by atoms with Crippen LogP contribution in [-0.2, 0) is 6.54 Å². The van der Waals surface area contributed by atoms with Crippen molar-refractivity contribution in [2.24, 2.45) is 0 Å². The molecule has 3 aromatic carbocycles. The first-order valence-electron chi connectivity index (χ1n) is 10.2. The lowest BCUT2D eigenvalue weighted by molar-refractivity contribution is 0.304. The smallest absolute Gasteiger partial charge is 0.169 e. The van der Waals surface area contributed by atoms with Gasteiger partial charge in [-0.3, -0.25) is 0 Å². The summed E-state index contributed by atoms with van der Waals surface area (Å²) in [6.45, 7) is 1.87. The second-order valence-electron chi connectivity index (χ2n) is 7.37. The molecule has 158 valence electrons. The summed E-state index contributed by atoms with van der Waals surface area (Å²) >= 11 is 0. The minimum absolute atomic E-state index is 0. The van der Waals surface area contributed by atoms with Crippen LogP contribution in [0.2, 0.25) is 0 Å². The standard InChI is InChI=1S/C25H28N2O2.ClH/c1-28-23-14-5-6-15-24(23)29-21-12-7-9-19(17-21)18-27-22-13-8-16-26-25(22)20-10-3-2-4-11-20;/h2-7,9-12,14-15,17,22,25-27H,8,13,16,18H2,1H3;1H/t22-,25-;/m0./s1. The fraction of sp³-hybridized carbons (Fsp3) is 0.280. The lowest BCUT2D eigenvalue weighted by Crippen LogP contribution is -2.45. The van der Waals surface area contributed by atoms with Crippen LogP contribution in [0.1, 0.15) is 30.0 Å². The Bertz CT molecular complexity index is 920. The molecule has 0 unspecified atom stereocenters. The lowest BCUT2D eigenvalue weighted by atomic mass is 9.92. The van der Waals surface area contributed by atoms with Crippen molar-refractivity contribution >= 4 is 12.4 Å². The van der Waals surface area contributed by atoms with Crippen LogP contribution in [0, 0.1) is 0 Å². The highest BCUT2D eigenvalue weighted by atomic mass is 35.5. The quantitative estimate of drug-likeness (QED) is 0.526. The molecule has 0 saturated carbocycles. The van der Waals surface area contributed by atoms with E-state index in [9.17, 15) is 0 Å².